The Kier molecular flexibility index (Phi) is 2.42. The zero-order valence-corrected chi connectivity index (χ0v) is 9.60. The van der Waals surface area contributed by atoms with Crippen LogP contribution in [0.4, 0.5) is 0 Å². The highest BCUT2D eigenvalue weighted by atomic mass is 16.5. The molecule has 0 fully saturated rings. The molecule has 0 unspecified atom stereocenters. The summed E-state index contributed by atoms with van der Waals surface area (Å²) in [5.74, 6) is 0. The molecule has 16 heavy (non-hydrogen) atoms. The van der Waals surface area contributed by atoms with Gasteiger partial charge in [-0.25, -0.2) is 14.7 Å². The van der Waals surface area contributed by atoms with Crippen LogP contribution in [0.5, 0.6) is 0 Å². The van der Waals surface area contributed by atoms with E-state index in [1.165, 1.54) is 16.4 Å². The largest absolute Gasteiger partial charge is 0.471 e. The van der Waals surface area contributed by atoms with Crippen LogP contribution in [-0.4, -0.2) is 0 Å². The fourth-order valence-corrected chi connectivity index (χ4v) is 1.47. The minimum absolute atomic E-state index is 0.122. The van der Waals surface area contributed by atoms with E-state index >= 15 is 0 Å². The van der Waals surface area contributed by atoms with Crippen LogP contribution in [0, 0.1) is 0 Å². The van der Waals surface area contributed by atoms with Gasteiger partial charge in [-0.05, 0) is 11.0 Å². The van der Waals surface area contributed by atoms with E-state index in [2.05, 4.69) is 30.6 Å². The fourth-order valence-electron chi connectivity index (χ4n) is 1.47. The predicted octanol–water partition coefficient (Wildman–Crippen LogP) is 1.17. The predicted molar refractivity (Wildman–Crippen MR) is 58.5 cm³/mol. The molecule has 0 atom stereocenters. The Morgan fingerprint density at radius 2 is 1.81 bits per heavy atom. The van der Waals surface area contributed by atoms with E-state index < -0.39 is 5.63 Å². The average Bonchev–Trinajstić information content (AvgIpc) is 2.64. The van der Waals surface area contributed by atoms with Crippen molar-refractivity contribution in [2.75, 3.05) is 0 Å². The van der Waals surface area contributed by atoms with Crippen LogP contribution < -0.4 is 15.6 Å². The number of rotatable bonds is 1. The summed E-state index contributed by atoms with van der Waals surface area (Å²) in [6.45, 7) is 6.46. The molecule has 0 N–H and O–H groups in total. The first-order valence-electron chi connectivity index (χ1n) is 5.13. The Morgan fingerprint density at radius 3 is 2.25 bits per heavy atom. The molecule has 1 heterocycles. The van der Waals surface area contributed by atoms with Crippen molar-refractivity contribution in [2.24, 2.45) is 0 Å². The van der Waals surface area contributed by atoms with Crippen molar-refractivity contribution in [3.63, 3.8) is 0 Å². The van der Waals surface area contributed by atoms with E-state index in [9.17, 15) is 4.79 Å². The molecule has 0 saturated heterocycles. The van der Waals surface area contributed by atoms with E-state index in [0.717, 1.165) is 5.69 Å². The minimum Gasteiger partial charge on any atom is -0.471 e. The second-order valence-corrected chi connectivity index (χ2v) is 4.76. The SMILES string of the molecule is CC(C)(C)c1ccc(-[n+]2cc(=O)o[n-]2)cc1. The molecule has 2 rings (SSSR count). The molecule has 0 aliphatic rings. The Hall–Kier alpha value is -1.84. The lowest BCUT2D eigenvalue weighted by atomic mass is 9.87. The van der Waals surface area contributed by atoms with E-state index in [1.54, 1.807) is 0 Å². The molecule has 0 aliphatic heterocycles. The lowest BCUT2D eigenvalue weighted by Crippen LogP contribution is -2.34. The Balaban J connectivity index is 2.36. The van der Waals surface area contributed by atoms with Crippen molar-refractivity contribution in [2.45, 2.75) is 26.2 Å². The summed E-state index contributed by atoms with van der Waals surface area (Å²) < 4.78 is 5.90. The van der Waals surface area contributed by atoms with Crippen molar-refractivity contribution in [3.05, 3.63) is 46.4 Å². The van der Waals surface area contributed by atoms with Gasteiger partial charge in [0, 0.05) is 12.1 Å². The lowest BCUT2D eigenvalue weighted by molar-refractivity contribution is -0.676. The number of benzene rings is 1. The molecule has 1 aromatic heterocycles. The third-order valence-corrected chi connectivity index (χ3v) is 2.44. The van der Waals surface area contributed by atoms with Gasteiger partial charge in [0.25, 0.3) is 6.20 Å². The summed E-state index contributed by atoms with van der Waals surface area (Å²) in [7, 11) is 0. The maximum Gasteiger partial charge on any atom is 0.389 e. The normalized spacial score (nSPS) is 11.7. The fraction of sp³-hybridized carbons (Fsp3) is 0.333. The van der Waals surface area contributed by atoms with E-state index in [0.29, 0.717) is 0 Å². The molecular formula is C12H14N2O2. The highest BCUT2D eigenvalue weighted by Gasteiger charge is 2.14. The van der Waals surface area contributed by atoms with Gasteiger partial charge in [-0.2, -0.15) is 0 Å². The Bertz CT molecular complexity index is 529. The molecule has 0 aliphatic carbocycles. The average molecular weight is 218 g/mol. The standard InChI is InChI=1S/C12H14N2O2/c1-12(2,3)9-4-6-10(7-5-9)14-8-11(15)16-13-14/h4-8H,1-3H3. The summed E-state index contributed by atoms with van der Waals surface area (Å²) in [5.41, 5.74) is 1.73. The second-order valence-electron chi connectivity index (χ2n) is 4.76. The van der Waals surface area contributed by atoms with Crippen LogP contribution in [0.25, 0.3) is 5.69 Å². The van der Waals surface area contributed by atoms with Crippen LogP contribution in [0.1, 0.15) is 26.3 Å². The van der Waals surface area contributed by atoms with Crippen LogP contribution in [0.2, 0.25) is 0 Å². The van der Waals surface area contributed by atoms with Crippen molar-refractivity contribution in [1.82, 2.24) is 5.27 Å². The van der Waals surface area contributed by atoms with E-state index in [4.69, 9.17) is 0 Å². The maximum atomic E-state index is 10.8. The molecule has 2 aromatic rings. The van der Waals surface area contributed by atoms with Gasteiger partial charge in [-0.1, -0.05) is 32.9 Å². The molecule has 0 amide bonds. The van der Waals surface area contributed by atoms with Gasteiger partial charge in [0.1, 0.15) is 0 Å². The topological polar surface area (TPSA) is 48.2 Å². The quantitative estimate of drug-likeness (QED) is 0.675. The van der Waals surface area contributed by atoms with Gasteiger partial charge in [0.15, 0.2) is 0 Å². The van der Waals surface area contributed by atoms with Crippen LogP contribution >= 0.6 is 0 Å². The number of hydrogen-bond donors (Lipinski definition) is 0. The summed E-state index contributed by atoms with van der Waals surface area (Å²) in [6, 6.07) is 7.90. The van der Waals surface area contributed by atoms with Gasteiger partial charge < -0.3 is 4.52 Å². The minimum atomic E-state index is -0.445. The summed E-state index contributed by atoms with van der Waals surface area (Å²) in [6.07, 6.45) is 1.31. The molecule has 0 saturated carbocycles. The van der Waals surface area contributed by atoms with E-state index in [1.807, 2.05) is 24.3 Å². The zero-order chi connectivity index (χ0) is 11.8. The van der Waals surface area contributed by atoms with Gasteiger partial charge in [0.05, 0.1) is 0 Å². The molecular weight excluding hydrogens is 204 g/mol. The molecule has 4 nitrogen and oxygen atoms in total. The first-order valence-corrected chi connectivity index (χ1v) is 5.13. The van der Waals surface area contributed by atoms with E-state index in [-0.39, 0.29) is 5.41 Å². The van der Waals surface area contributed by atoms with Crippen molar-refractivity contribution in [3.8, 4) is 5.69 Å². The highest BCUT2D eigenvalue weighted by molar-refractivity contribution is 5.30. The van der Waals surface area contributed by atoms with Crippen LogP contribution in [0.3, 0.4) is 0 Å². The van der Waals surface area contributed by atoms with Crippen LogP contribution in [0.15, 0.2) is 39.8 Å². The van der Waals surface area contributed by atoms with Crippen molar-refractivity contribution >= 4 is 0 Å². The summed E-state index contributed by atoms with van der Waals surface area (Å²) in [5, 5.41) is 3.61. The number of aromatic nitrogens is 2. The second kappa shape index (κ2) is 3.63. The van der Waals surface area contributed by atoms with Crippen molar-refractivity contribution in [1.29, 1.82) is 0 Å². The first kappa shape index (κ1) is 10.7. The number of nitrogens with zero attached hydrogens (tertiary/aromatic N) is 2. The zero-order valence-electron chi connectivity index (χ0n) is 9.60. The molecule has 1 aromatic carbocycles. The number of hydrogen-bond acceptors (Lipinski definition) is 2. The highest BCUT2D eigenvalue weighted by Crippen LogP contribution is 2.21. The first-order chi connectivity index (χ1) is 7.47. The third-order valence-electron chi connectivity index (χ3n) is 2.44. The third kappa shape index (κ3) is 2.05. The summed E-state index contributed by atoms with van der Waals surface area (Å²) in [4.78, 5) is 10.8. The smallest absolute Gasteiger partial charge is 0.389 e. The molecule has 84 valence electrons. The maximum absolute atomic E-state index is 10.8. The Labute approximate surface area is 93.5 Å². The van der Waals surface area contributed by atoms with Gasteiger partial charge in [0.2, 0.25) is 5.69 Å². The molecule has 4 heteroatoms. The lowest BCUT2D eigenvalue weighted by Gasteiger charge is -2.18. The van der Waals surface area contributed by atoms with Gasteiger partial charge in [-0.3, -0.25) is 0 Å². The molecule has 0 spiro atoms. The van der Waals surface area contributed by atoms with Crippen LogP contribution in [-0.2, 0) is 5.41 Å². The van der Waals surface area contributed by atoms with Gasteiger partial charge in [-0.15, -0.1) is 0 Å². The monoisotopic (exact) mass is 218 g/mol. The summed E-state index contributed by atoms with van der Waals surface area (Å²) >= 11 is 0. The Morgan fingerprint density at radius 1 is 1.19 bits per heavy atom. The van der Waals surface area contributed by atoms with Crippen molar-refractivity contribution < 1.29 is 9.20 Å². The molecule has 0 bridgehead atoms. The van der Waals surface area contributed by atoms with Gasteiger partial charge >= 0.3 is 5.63 Å². The molecule has 0 radical (unpaired) electrons.